The first-order chi connectivity index (χ1) is 11.6. The van der Waals surface area contributed by atoms with E-state index in [0.29, 0.717) is 37.6 Å². The molecule has 0 unspecified atom stereocenters. The molecule has 3 aliphatic heterocycles. The van der Waals surface area contributed by atoms with Crippen molar-refractivity contribution in [2.24, 2.45) is 5.92 Å². The second-order valence-corrected chi connectivity index (χ2v) is 6.30. The van der Waals surface area contributed by atoms with E-state index in [9.17, 15) is 9.59 Å². The zero-order chi connectivity index (χ0) is 17.1. The van der Waals surface area contributed by atoms with Crippen LogP contribution < -0.4 is 4.90 Å². The highest BCUT2D eigenvalue weighted by atomic mass is 16.5. The van der Waals surface area contributed by atoms with Gasteiger partial charge in [0.1, 0.15) is 12.1 Å². The molecule has 0 spiro atoms. The van der Waals surface area contributed by atoms with E-state index < -0.39 is 5.97 Å². The van der Waals surface area contributed by atoms with Crippen LogP contribution in [0, 0.1) is 5.92 Å². The fraction of sp³-hybridized carbons (Fsp3) is 0.625. The molecule has 2 atom stereocenters. The van der Waals surface area contributed by atoms with Crippen molar-refractivity contribution in [3.05, 3.63) is 18.1 Å². The molecule has 0 saturated carbocycles. The summed E-state index contributed by atoms with van der Waals surface area (Å²) in [6.07, 6.45) is 4.67. The van der Waals surface area contributed by atoms with E-state index in [0.717, 1.165) is 12.8 Å². The lowest BCUT2D eigenvalue weighted by Crippen LogP contribution is -2.49. The molecule has 3 aliphatic rings. The van der Waals surface area contributed by atoms with Crippen molar-refractivity contribution in [2.75, 3.05) is 38.3 Å². The molecule has 8 heteroatoms. The summed E-state index contributed by atoms with van der Waals surface area (Å²) in [5, 5.41) is 9.09. The molecule has 0 aromatic carbocycles. The maximum Gasteiger partial charge on any atom is 0.308 e. The molecule has 1 aromatic rings. The van der Waals surface area contributed by atoms with Crippen LogP contribution >= 0.6 is 0 Å². The van der Waals surface area contributed by atoms with Gasteiger partial charge in [-0.25, -0.2) is 9.97 Å². The minimum atomic E-state index is -0.915. The number of ether oxygens (including phenoxy) is 1. The van der Waals surface area contributed by atoms with Gasteiger partial charge in [-0.2, -0.15) is 0 Å². The molecular formula is C16H22N4O4. The van der Waals surface area contributed by atoms with Crippen LogP contribution in [0.25, 0.3) is 0 Å². The highest BCUT2D eigenvalue weighted by molar-refractivity contribution is 5.81. The van der Waals surface area contributed by atoms with Crippen LogP contribution in [0.3, 0.4) is 0 Å². The Morgan fingerprint density at radius 2 is 2.25 bits per heavy atom. The number of carbonyl (C=O) groups excluding carboxylic acids is 1. The van der Waals surface area contributed by atoms with E-state index in [-0.39, 0.29) is 24.3 Å². The van der Waals surface area contributed by atoms with Gasteiger partial charge < -0.3 is 19.6 Å². The highest BCUT2D eigenvalue weighted by Crippen LogP contribution is 2.32. The summed E-state index contributed by atoms with van der Waals surface area (Å²) >= 11 is 0. The molecule has 8 nitrogen and oxygen atoms in total. The van der Waals surface area contributed by atoms with Crippen LogP contribution in [0.5, 0.6) is 0 Å². The number of amides is 1. The monoisotopic (exact) mass is 334 g/mol. The smallest absolute Gasteiger partial charge is 0.308 e. The van der Waals surface area contributed by atoms with Crippen molar-refractivity contribution in [3.8, 4) is 0 Å². The van der Waals surface area contributed by atoms with Crippen molar-refractivity contribution in [1.82, 2.24) is 14.9 Å². The molecule has 3 fully saturated rings. The third-order valence-corrected chi connectivity index (χ3v) is 4.74. The van der Waals surface area contributed by atoms with Gasteiger partial charge in [0.2, 0.25) is 5.91 Å². The summed E-state index contributed by atoms with van der Waals surface area (Å²) in [5.74, 6) is -0.194. The summed E-state index contributed by atoms with van der Waals surface area (Å²) in [6, 6.07) is 0.110. The van der Waals surface area contributed by atoms with E-state index in [2.05, 4.69) is 9.97 Å². The van der Waals surface area contributed by atoms with E-state index in [1.165, 1.54) is 6.33 Å². The molecular weight excluding hydrogens is 312 g/mol. The topological polar surface area (TPSA) is 95.9 Å². The van der Waals surface area contributed by atoms with Crippen LogP contribution in [0.2, 0.25) is 0 Å². The lowest BCUT2D eigenvalue weighted by atomic mass is 9.94. The first kappa shape index (κ1) is 16.6. The molecule has 1 amide bonds. The molecule has 24 heavy (non-hydrogen) atoms. The number of rotatable bonds is 6. The largest absolute Gasteiger partial charge is 0.481 e. The molecule has 0 radical (unpaired) electrons. The first-order valence-corrected chi connectivity index (χ1v) is 8.15. The fourth-order valence-corrected chi connectivity index (χ4v) is 3.62. The Morgan fingerprint density at radius 3 is 3.00 bits per heavy atom. The normalized spacial score (nSPS) is 23.5. The van der Waals surface area contributed by atoms with Crippen LogP contribution in [-0.2, 0) is 20.7 Å². The van der Waals surface area contributed by atoms with E-state index >= 15 is 0 Å². The molecule has 4 rings (SSSR count). The minimum Gasteiger partial charge on any atom is -0.481 e. The number of aromatic nitrogens is 2. The Labute approximate surface area is 140 Å². The van der Waals surface area contributed by atoms with Crippen molar-refractivity contribution in [1.29, 1.82) is 0 Å². The van der Waals surface area contributed by atoms with Gasteiger partial charge >= 0.3 is 5.97 Å². The van der Waals surface area contributed by atoms with Gasteiger partial charge in [0.05, 0.1) is 18.9 Å². The molecule has 3 saturated heterocycles. The number of methoxy groups -OCH3 is 1. The van der Waals surface area contributed by atoms with Crippen molar-refractivity contribution < 1.29 is 19.4 Å². The molecule has 0 aliphatic carbocycles. The van der Waals surface area contributed by atoms with Gasteiger partial charge in [-0.3, -0.25) is 9.59 Å². The first-order valence-electron chi connectivity index (χ1n) is 8.15. The summed E-state index contributed by atoms with van der Waals surface area (Å²) in [4.78, 5) is 36.0. The second-order valence-electron chi connectivity index (χ2n) is 6.30. The van der Waals surface area contributed by atoms with Gasteiger partial charge in [0.25, 0.3) is 0 Å². The lowest BCUT2D eigenvalue weighted by molar-refractivity contribution is -0.140. The van der Waals surface area contributed by atoms with Crippen molar-refractivity contribution in [3.63, 3.8) is 0 Å². The minimum absolute atomic E-state index is 0.0757. The van der Waals surface area contributed by atoms with Crippen LogP contribution in [0.15, 0.2) is 12.5 Å². The maximum absolute atomic E-state index is 12.7. The van der Waals surface area contributed by atoms with E-state index in [1.54, 1.807) is 13.3 Å². The number of aliphatic carboxylic acids is 1. The SMILES string of the molecule is COCCN1C(=O)[C@H]2CC[C@@H]1CN(c1ncncc1CC(=O)O)C2. The van der Waals surface area contributed by atoms with Gasteiger partial charge in [-0.15, -0.1) is 0 Å². The third kappa shape index (κ3) is 3.33. The van der Waals surface area contributed by atoms with Crippen LogP contribution in [0.4, 0.5) is 5.82 Å². The summed E-state index contributed by atoms with van der Waals surface area (Å²) in [6.45, 7) is 2.35. The second kappa shape index (κ2) is 7.12. The van der Waals surface area contributed by atoms with Crippen LogP contribution in [-0.4, -0.2) is 71.2 Å². The molecule has 4 heterocycles. The Balaban J connectivity index is 1.84. The van der Waals surface area contributed by atoms with E-state index in [4.69, 9.17) is 9.84 Å². The number of carboxylic acids is 1. The predicted octanol–water partition coefficient (Wildman–Crippen LogP) is 0.177. The van der Waals surface area contributed by atoms with E-state index in [1.807, 2.05) is 9.80 Å². The van der Waals surface area contributed by atoms with Gasteiger partial charge in [-0.05, 0) is 12.8 Å². The quantitative estimate of drug-likeness (QED) is 0.792. The zero-order valence-corrected chi connectivity index (χ0v) is 13.7. The third-order valence-electron chi connectivity index (χ3n) is 4.74. The van der Waals surface area contributed by atoms with Gasteiger partial charge in [0, 0.05) is 44.5 Å². The fourth-order valence-electron chi connectivity index (χ4n) is 3.62. The van der Waals surface area contributed by atoms with Crippen molar-refractivity contribution >= 4 is 17.7 Å². The Hall–Kier alpha value is -2.22. The average Bonchev–Trinajstić information content (AvgIpc) is 2.84. The summed E-state index contributed by atoms with van der Waals surface area (Å²) in [5.41, 5.74) is 0.585. The van der Waals surface area contributed by atoms with Gasteiger partial charge in [-0.1, -0.05) is 0 Å². The number of piperidine rings is 1. The Kier molecular flexibility index (Phi) is 4.94. The average molecular weight is 334 g/mol. The number of carboxylic acid groups (broad SMARTS) is 1. The lowest BCUT2D eigenvalue weighted by Gasteiger charge is -2.35. The summed E-state index contributed by atoms with van der Waals surface area (Å²) < 4.78 is 5.12. The predicted molar refractivity (Wildman–Crippen MR) is 85.7 cm³/mol. The summed E-state index contributed by atoms with van der Waals surface area (Å²) in [7, 11) is 1.63. The number of hydrogen-bond acceptors (Lipinski definition) is 6. The standard InChI is InChI=1S/C16H22N4O4/c1-24-5-4-20-13-3-2-11(16(20)23)8-19(9-13)15-12(6-14(21)22)7-17-10-18-15/h7,10-11,13H,2-6,8-9H2,1H3,(H,21,22)/t11-,13+/m0/s1. The Bertz CT molecular complexity index is 624. The van der Waals surface area contributed by atoms with Crippen LogP contribution in [0.1, 0.15) is 18.4 Å². The van der Waals surface area contributed by atoms with Gasteiger partial charge in [0.15, 0.2) is 0 Å². The number of nitrogens with zero attached hydrogens (tertiary/aromatic N) is 4. The van der Waals surface area contributed by atoms with Crippen molar-refractivity contribution in [2.45, 2.75) is 25.3 Å². The number of fused-ring (bicyclic) bond motifs is 4. The molecule has 1 aromatic heterocycles. The highest BCUT2D eigenvalue weighted by Gasteiger charge is 2.41. The zero-order valence-electron chi connectivity index (χ0n) is 13.7. The number of hydrogen-bond donors (Lipinski definition) is 1. The number of carbonyl (C=O) groups is 2. The Morgan fingerprint density at radius 1 is 1.42 bits per heavy atom. The molecule has 2 bridgehead atoms. The maximum atomic E-state index is 12.7. The number of anilines is 1. The molecule has 130 valence electrons. The molecule has 1 N–H and O–H groups in total.